The van der Waals surface area contributed by atoms with Crippen molar-refractivity contribution in [3.05, 3.63) is 84.4 Å². The van der Waals surface area contributed by atoms with Gasteiger partial charge in [-0.05, 0) is 24.3 Å². The van der Waals surface area contributed by atoms with Crippen molar-refractivity contribution in [3.8, 4) is 0 Å². The number of benzene rings is 3. The monoisotopic (exact) mass is 429 g/mol. The molecule has 5 nitrogen and oxygen atoms in total. The van der Waals surface area contributed by atoms with Crippen LogP contribution < -0.4 is 4.90 Å². The Kier molecular flexibility index (Phi) is 4.94. The van der Waals surface area contributed by atoms with Crippen LogP contribution in [0.1, 0.15) is 25.8 Å². The van der Waals surface area contributed by atoms with Gasteiger partial charge in [0.1, 0.15) is 0 Å². The second-order valence-corrected chi connectivity index (χ2v) is 8.80. The molecule has 0 radical (unpaired) electrons. The highest BCUT2D eigenvalue weighted by Gasteiger charge is 2.44. The van der Waals surface area contributed by atoms with Crippen molar-refractivity contribution >= 4 is 34.9 Å². The molecular formula is C25H23N3O2S. The number of carbonyl (C=O) groups excluding carboxylic acids is 1. The first-order chi connectivity index (χ1) is 15.1. The standard InChI is InChI=1S/C25H23N3O2S/c1-18(29)28-25(2,19-10-4-3-5-11-19)30-24(26-28)16-17-27-20-12-6-8-14-22(20)31-23-15-9-7-13-21(23)27/h3-15H,16-17H2,1-2H3. The molecule has 0 fully saturated rings. The molecule has 0 N–H and O–H groups in total. The number of carbonyl (C=O) groups is 1. The van der Waals surface area contributed by atoms with Crippen LogP contribution in [0.5, 0.6) is 0 Å². The zero-order valence-corrected chi connectivity index (χ0v) is 18.3. The number of hydrogen-bond acceptors (Lipinski definition) is 5. The smallest absolute Gasteiger partial charge is 0.243 e. The first-order valence-corrected chi connectivity index (χ1v) is 11.1. The van der Waals surface area contributed by atoms with Gasteiger partial charge in [0.05, 0.1) is 11.4 Å². The van der Waals surface area contributed by atoms with Crippen molar-refractivity contribution in [1.29, 1.82) is 0 Å². The average molecular weight is 430 g/mol. The molecule has 3 aromatic carbocycles. The highest BCUT2D eigenvalue weighted by atomic mass is 32.2. The van der Waals surface area contributed by atoms with Gasteiger partial charge >= 0.3 is 0 Å². The summed E-state index contributed by atoms with van der Waals surface area (Å²) in [6.07, 6.45) is 0.583. The fourth-order valence-electron chi connectivity index (χ4n) is 4.13. The molecule has 1 unspecified atom stereocenters. The second kappa shape index (κ2) is 7.78. The third kappa shape index (κ3) is 3.47. The maximum atomic E-state index is 12.3. The number of nitrogens with zero attached hydrogens (tertiary/aromatic N) is 3. The summed E-state index contributed by atoms with van der Waals surface area (Å²) in [5.74, 6) is 0.418. The summed E-state index contributed by atoms with van der Waals surface area (Å²) < 4.78 is 6.30. The van der Waals surface area contributed by atoms with Crippen LogP contribution in [0.2, 0.25) is 0 Å². The molecule has 2 aliphatic heterocycles. The predicted octanol–water partition coefficient (Wildman–Crippen LogP) is 5.74. The Morgan fingerprint density at radius 2 is 1.52 bits per heavy atom. The molecule has 3 aromatic rings. The third-order valence-corrected chi connectivity index (χ3v) is 6.75. The van der Waals surface area contributed by atoms with E-state index in [1.807, 2.05) is 37.3 Å². The number of anilines is 2. The topological polar surface area (TPSA) is 45.1 Å². The molecule has 2 heterocycles. The maximum absolute atomic E-state index is 12.3. The lowest BCUT2D eigenvalue weighted by Crippen LogP contribution is -2.41. The molecule has 6 heteroatoms. The number of rotatable bonds is 4. The molecule has 0 aromatic heterocycles. The van der Waals surface area contributed by atoms with Crippen molar-refractivity contribution in [1.82, 2.24) is 5.01 Å². The zero-order chi connectivity index (χ0) is 21.4. The van der Waals surface area contributed by atoms with Crippen LogP contribution in [0, 0.1) is 0 Å². The van der Waals surface area contributed by atoms with Crippen LogP contribution in [-0.2, 0) is 15.3 Å². The Balaban J connectivity index is 1.42. The highest BCUT2D eigenvalue weighted by molar-refractivity contribution is 7.99. The van der Waals surface area contributed by atoms with Crippen LogP contribution in [0.3, 0.4) is 0 Å². The van der Waals surface area contributed by atoms with E-state index in [2.05, 4.69) is 58.5 Å². The summed E-state index contributed by atoms with van der Waals surface area (Å²) in [7, 11) is 0. The summed E-state index contributed by atoms with van der Waals surface area (Å²) in [5.41, 5.74) is 2.32. The van der Waals surface area contributed by atoms with E-state index in [-0.39, 0.29) is 5.91 Å². The van der Waals surface area contributed by atoms with Gasteiger partial charge < -0.3 is 9.64 Å². The van der Waals surface area contributed by atoms with E-state index in [0.717, 1.165) is 5.56 Å². The van der Waals surface area contributed by atoms with E-state index >= 15 is 0 Å². The van der Waals surface area contributed by atoms with Gasteiger partial charge in [0.25, 0.3) is 0 Å². The minimum absolute atomic E-state index is 0.147. The molecular weight excluding hydrogens is 406 g/mol. The Morgan fingerprint density at radius 3 is 2.13 bits per heavy atom. The largest absolute Gasteiger partial charge is 0.447 e. The van der Waals surface area contributed by atoms with Gasteiger partial charge in [-0.2, -0.15) is 5.01 Å². The van der Waals surface area contributed by atoms with Crippen LogP contribution >= 0.6 is 11.8 Å². The third-order valence-electron chi connectivity index (χ3n) is 5.62. The molecule has 0 bridgehead atoms. The summed E-state index contributed by atoms with van der Waals surface area (Å²) in [5, 5.41) is 6.01. The van der Waals surface area contributed by atoms with Gasteiger partial charge in [0.2, 0.25) is 17.5 Å². The maximum Gasteiger partial charge on any atom is 0.243 e. The molecule has 0 saturated heterocycles. The number of hydrazone groups is 1. The Hall–Kier alpha value is -3.25. The molecule has 0 spiro atoms. The van der Waals surface area contributed by atoms with E-state index in [4.69, 9.17) is 4.74 Å². The number of fused-ring (bicyclic) bond motifs is 2. The van der Waals surface area contributed by atoms with Crippen LogP contribution in [0.25, 0.3) is 0 Å². The first-order valence-electron chi connectivity index (χ1n) is 10.3. The van der Waals surface area contributed by atoms with Crippen molar-refractivity contribution in [2.75, 3.05) is 11.4 Å². The van der Waals surface area contributed by atoms with Crippen molar-refractivity contribution in [2.45, 2.75) is 35.8 Å². The molecule has 0 aliphatic carbocycles. The molecule has 156 valence electrons. The lowest BCUT2D eigenvalue weighted by molar-refractivity contribution is -0.146. The summed E-state index contributed by atoms with van der Waals surface area (Å²) in [6.45, 7) is 4.11. The molecule has 2 aliphatic rings. The Labute approximate surface area is 186 Å². The van der Waals surface area contributed by atoms with E-state index in [9.17, 15) is 4.79 Å². The van der Waals surface area contributed by atoms with Gasteiger partial charge in [-0.1, -0.05) is 66.4 Å². The molecule has 31 heavy (non-hydrogen) atoms. The molecule has 0 saturated carbocycles. The van der Waals surface area contributed by atoms with Gasteiger partial charge in [-0.15, -0.1) is 5.10 Å². The normalized spacial score (nSPS) is 19.4. The minimum Gasteiger partial charge on any atom is -0.447 e. The number of para-hydroxylation sites is 2. The second-order valence-electron chi connectivity index (χ2n) is 7.71. The van der Waals surface area contributed by atoms with Crippen LogP contribution in [0.4, 0.5) is 11.4 Å². The Bertz CT molecular complexity index is 1120. The van der Waals surface area contributed by atoms with Gasteiger partial charge in [0, 0.05) is 42.2 Å². The van der Waals surface area contributed by atoms with E-state index in [0.29, 0.717) is 18.9 Å². The van der Waals surface area contributed by atoms with Gasteiger partial charge in [-0.3, -0.25) is 4.79 Å². The predicted molar refractivity (Wildman–Crippen MR) is 123 cm³/mol. The van der Waals surface area contributed by atoms with Crippen molar-refractivity contribution in [3.63, 3.8) is 0 Å². The molecule has 1 amide bonds. The summed E-state index contributed by atoms with van der Waals surface area (Å²) >= 11 is 1.79. The lowest BCUT2D eigenvalue weighted by atomic mass is 10.0. The van der Waals surface area contributed by atoms with Crippen LogP contribution in [0.15, 0.2) is 93.8 Å². The Morgan fingerprint density at radius 1 is 0.935 bits per heavy atom. The van der Waals surface area contributed by atoms with E-state index < -0.39 is 5.72 Å². The first kappa shape index (κ1) is 19.7. The number of hydrogen-bond donors (Lipinski definition) is 0. The fourth-order valence-corrected chi connectivity index (χ4v) is 5.23. The fraction of sp³-hybridized carbons (Fsp3) is 0.200. The SMILES string of the molecule is CC(=O)N1N=C(CCN2c3ccccc3Sc3ccccc32)OC1(C)c1ccccc1. The van der Waals surface area contributed by atoms with Gasteiger partial charge in [0.15, 0.2) is 0 Å². The highest BCUT2D eigenvalue weighted by Crippen LogP contribution is 2.48. The van der Waals surface area contributed by atoms with Gasteiger partial charge in [-0.25, -0.2) is 0 Å². The molecule has 5 rings (SSSR count). The summed E-state index contributed by atoms with van der Waals surface area (Å²) in [4.78, 5) is 17.1. The minimum atomic E-state index is -0.935. The number of ether oxygens (including phenoxy) is 1. The molecule has 1 atom stereocenters. The summed E-state index contributed by atoms with van der Waals surface area (Å²) in [6, 6.07) is 26.6. The lowest BCUT2D eigenvalue weighted by Gasteiger charge is -2.33. The average Bonchev–Trinajstić information content (AvgIpc) is 3.15. The van der Waals surface area contributed by atoms with E-state index in [1.165, 1.54) is 33.1 Å². The van der Waals surface area contributed by atoms with Crippen LogP contribution in [-0.4, -0.2) is 23.4 Å². The number of amides is 1. The quantitative estimate of drug-likeness (QED) is 0.530. The van der Waals surface area contributed by atoms with Crippen molar-refractivity contribution < 1.29 is 9.53 Å². The zero-order valence-electron chi connectivity index (χ0n) is 17.5. The van der Waals surface area contributed by atoms with Crippen molar-refractivity contribution in [2.24, 2.45) is 5.10 Å². The van der Waals surface area contributed by atoms with E-state index in [1.54, 1.807) is 11.8 Å².